The van der Waals surface area contributed by atoms with E-state index in [1.54, 1.807) is 5.38 Å². The number of hydrogen-bond acceptors (Lipinski definition) is 5. The van der Waals surface area contributed by atoms with Gasteiger partial charge in [0.2, 0.25) is 0 Å². The summed E-state index contributed by atoms with van der Waals surface area (Å²) in [5.41, 5.74) is 1.01. The van der Waals surface area contributed by atoms with E-state index in [1.807, 2.05) is 0 Å². The lowest BCUT2D eigenvalue weighted by atomic mass is 10.2. The average Bonchev–Trinajstić information content (AvgIpc) is 2.82. The fourth-order valence-electron chi connectivity index (χ4n) is 1.56. The Labute approximate surface area is 118 Å². The number of carbonyl (C=O) groups excluding carboxylic acids is 1. The van der Waals surface area contributed by atoms with Crippen LogP contribution in [0.5, 0.6) is 0 Å². The molecule has 1 aromatic carbocycles. The Morgan fingerprint density at radius 3 is 2.70 bits per heavy atom. The summed E-state index contributed by atoms with van der Waals surface area (Å²) in [6.07, 6.45) is 0.705. The van der Waals surface area contributed by atoms with Crippen LogP contribution in [-0.2, 0) is 16.0 Å². The second-order valence-electron chi connectivity index (χ2n) is 4.00. The highest BCUT2D eigenvalue weighted by Crippen LogP contribution is 2.23. The molecule has 0 aliphatic rings. The second kappa shape index (κ2) is 6.42. The van der Waals surface area contributed by atoms with E-state index < -0.39 is 11.6 Å². The van der Waals surface area contributed by atoms with E-state index in [1.165, 1.54) is 30.6 Å². The van der Waals surface area contributed by atoms with E-state index in [0.717, 1.165) is 11.8 Å². The molecule has 1 aromatic heterocycles. The number of halogens is 2. The quantitative estimate of drug-likeness (QED) is 0.861. The Morgan fingerprint density at radius 1 is 1.35 bits per heavy atom. The number of ether oxygens (including phenoxy) is 1. The number of aromatic nitrogens is 1. The minimum absolute atomic E-state index is 0.244. The molecule has 0 unspecified atom stereocenters. The van der Waals surface area contributed by atoms with Gasteiger partial charge in [-0.15, -0.1) is 11.3 Å². The number of hydrogen-bond donors (Lipinski definition) is 1. The van der Waals surface area contributed by atoms with Crippen LogP contribution >= 0.6 is 11.3 Å². The fourth-order valence-corrected chi connectivity index (χ4v) is 2.33. The smallest absolute Gasteiger partial charge is 0.305 e. The Balaban J connectivity index is 2.00. The first-order valence-corrected chi connectivity index (χ1v) is 6.69. The van der Waals surface area contributed by atoms with Crippen molar-refractivity contribution in [1.82, 2.24) is 4.98 Å². The zero-order valence-electron chi connectivity index (χ0n) is 10.7. The molecular weight excluding hydrogens is 286 g/mol. The van der Waals surface area contributed by atoms with Gasteiger partial charge in [-0.1, -0.05) is 0 Å². The van der Waals surface area contributed by atoms with E-state index >= 15 is 0 Å². The number of benzene rings is 1. The fraction of sp³-hybridized carbons (Fsp3) is 0.231. The third kappa shape index (κ3) is 3.99. The Bertz CT molecular complexity index is 596. The van der Waals surface area contributed by atoms with Gasteiger partial charge < -0.3 is 10.1 Å². The number of nitrogens with zero attached hydrogens (tertiary/aromatic N) is 1. The predicted molar refractivity (Wildman–Crippen MR) is 72.1 cm³/mol. The zero-order chi connectivity index (χ0) is 14.5. The highest BCUT2D eigenvalue weighted by Gasteiger charge is 2.07. The maximum Gasteiger partial charge on any atom is 0.305 e. The summed E-state index contributed by atoms with van der Waals surface area (Å²) in [4.78, 5) is 15.2. The number of rotatable bonds is 5. The van der Waals surface area contributed by atoms with Crippen LogP contribution in [-0.4, -0.2) is 18.1 Å². The van der Waals surface area contributed by atoms with Gasteiger partial charge in [-0.05, 0) is 12.1 Å². The van der Waals surface area contributed by atoms with Crippen LogP contribution in [0.1, 0.15) is 12.1 Å². The number of carbonyl (C=O) groups is 1. The molecule has 0 bridgehead atoms. The van der Waals surface area contributed by atoms with Crippen LogP contribution in [0.25, 0.3) is 0 Å². The van der Waals surface area contributed by atoms with Gasteiger partial charge in [0.05, 0.1) is 19.2 Å². The second-order valence-corrected chi connectivity index (χ2v) is 4.86. The third-order valence-electron chi connectivity index (χ3n) is 2.48. The maximum absolute atomic E-state index is 13.0. The zero-order valence-corrected chi connectivity index (χ0v) is 11.5. The van der Waals surface area contributed by atoms with Crippen molar-refractivity contribution < 1.29 is 18.3 Å². The van der Waals surface area contributed by atoms with Gasteiger partial charge in [0.15, 0.2) is 5.13 Å². The minimum Gasteiger partial charge on any atom is -0.469 e. The van der Waals surface area contributed by atoms with Crippen LogP contribution in [0.2, 0.25) is 0 Å². The van der Waals surface area contributed by atoms with Crippen molar-refractivity contribution in [2.45, 2.75) is 12.8 Å². The van der Waals surface area contributed by atoms with Crippen molar-refractivity contribution in [3.63, 3.8) is 0 Å². The third-order valence-corrected chi connectivity index (χ3v) is 3.29. The van der Waals surface area contributed by atoms with Crippen molar-refractivity contribution >= 4 is 28.1 Å². The topological polar surface area (TPSA) is 51.2 Å². The summed E-state index contributed by atoms with van der Waals surface area (Å²) in [5.74, 6) is -1.62. The Kier molecular flexibility index (Phi) is 4.62. The molecule has 0 saturated carbocycles. The first kappa shape index (κ1) is 14.4. The lowest BCUT2D eigenvalue weighted by Gasteiger charge is -2.02. The van der Waals surface area contributed by atoms with Crippen LogP contribution < -0.4 is 5.32 Å². The van der Waals surface area contributed by atoms with Gasteiger partial charge in [-0.2, -0.15) is 0 Å². The summed E-state index contributed by atoms with van der Waals surface area (Å²) in [6, 6.07) is 3.16. The standard InChI is InChI=1S/C13H12F2N2O2S/c1-19-12(18)3-2-10-7-20-13(16-10)17-11-5-8(14)4-9(15)6-11/h4-7H,2-3H2,1H3,(H,16,17). The molecule has 0 aliphatic carbocycles. The van der Waals surface area contributed by atoms with Gasteiger partial charge in [-0.25, -0.2) is 13.8 Å². The summed E-state index contributed by atoms with van der Waals surface area (Å²) in [6.45, 7) is 0. The molecule has 0 amide bonds. The Morgan fingerprint density at radius 2 is 2.05 bits per heavy atom. The number of esters is 1. The van der Waals surface area contributed by atoms with Crippen molar-refractivity contribution in [2.24, 2.45) is 0 Å². The number of nitrogens with one attached hydrogen (secondary N) is 1. The van der Waals surface area contributed by atoms with Crippen molar-refractivity contribution in [3.8, 4) is 0 Å². The first-order chi connectivity index (χ1) is 9.56. The molecule has 20 heavy (non-hydrogen) atoms. The average molecular weight is 298 g/mol. The molecule has 106 valence electrons. The normalized spacial score (nSPS) is 10.3. The molecule has 2 aromatic rings. The highest BCUT2D eigenvalue weighted by molar-refractivity contribution is 7.13. The van der Waals surface area contributed by atoms with Gasteiger partial charge in [0.1, 0.15) is 11.6 Å². The van der Waals surface area contributed by atoms with Gasteiger partial charge in [0.25, 0.3) is 0 Å². The molecule has 0 atom stereocenters. The van der Waals surface area contributed by atoms with Gasteiger partial charge in [0, 0.05) is 23.6 Å². The largest absolute Gasteiger partial charge is 0.469 e. The van der Waals surface area contributed by atoms with E-state index in [2.05, 4.69) is 15.0 Å². The molecule has 0 saturated heterocycles. The monoisotopic (exact) mass is 298 g/mol. The molecule has 4 nitrogen and oxygen atoms in total. The van der Waals surface area contributed by atoms with Crippen molar-refractivity contribution in [3.05, 3.63) is 40.9 Å². The maximum atomic E-state index is 13.0. The predicted octanol–water partition coefficient (Wildman–Crippen LogP) is 3.27. The van der Waals surface area contributed by atoms with E-state index in [4.69, 9.17) is 0 Å². The minimum atomic E-state index is -0.657. The van der Waals surface area contributed by atoms with Crippen LogP contribution in [0.15, 0.2) is 23.6 Å². The SMILES string of the molecule is COC(=O)CCc1csc(Nc2cc(F)cc(F)c2)n1. The van der Waals surface area contributed by atoms with Crippen LogP contribution in [0.4, 0.5) is 19.6 Å². The molecule has 0 spiro atoms. The number of aryl methyl sites for hydroxylation is 1. The lowest BCUT2D eigenvalue weighted by molar-refractivity contribution is -0.140. The molecule has 2 rings (SSSR count). The molecule has 1 N–H and O–H groups in total. The van der Waals surface area contributed by atoms with Crippen LogP contribution in [0.3, 0.4) is 0 Å². The number of anilines is 2. The highest BCUT2D eigenvalue weighted by atomic mass is 32.1. The van der Waals surface area contributed by atoms with Crippen molar-refractivity contribution in [1.29, 1.82) is 0 Å². The molecule has 1 heterocycles. The lowest BCUT2D eigenvalue weighted by Crippen LogP contribution is -2.02. The molecule has 0 fully saturated rings. The van der Waals surface area contributed by atoms with E-state index in [0.29, 0.717) is 11.6 Å². The summed E-state index contributed by atoms with van der Waals surface area (Å²) >= 11 is 1.30. The summed E-state index contributed by atoms with van der Waals surface area (Å²) in [5, 5.41) is 5.11. The molecule has 7 heteroatoms. The summed E-state index contributed by atoms with van der Waals surface area (Å²) in [7, 11) is 1.33. The molecular formula is C13H12F2N2O2S. The van der Waals surface area contributed by atoms with Gasteiger partial charge >= 0.3 is 5.97 Å². The molecule has 0 radical (unpaired) electrons. The Hall–Kier alpha value is -2.02. The van der Waals surface area contributed by atoms with Crippen molar-refractivity contribution in [2.75, 3.05) is 12.4 Å². The molecule has 0 aliphatic heterocycles. The number of methoxy groups -OCH3 is 1. The van der Waals surface area contributed by atoms with Crippen LogP contribution in [0, 0.1) is 11.6 Å². The van der Waals surface area contributed by atoms with Gasteiger partial charge in [-0.3, -0.25) is 4.79 Å². The summed E-state index contributed by atoms with van der Waals surface area (Å²) < 4.78 is 30.6. The number of thiazole rings is 1. The van der Waals surface area contributed by atoms with E-state index in [-0.39, 0.29) is 18.1 Å². The first-order valence-electron chi connectivity index (χ1n) is 5.81. The van der Waals surface area contributed by atoms with E-state index in [9.17, 15) is 13.6 Å².